The maximum atomic E-state index is 12.3. The van der Waals surface area contributed by atoms with Crippen LogP contribution in [0.4, 0.5) is 0 Å². The van der Waals surface area contributed by atoms with Crippen LogP contribution >= 0.6 is 0 Å². The number of sulfone groups is 1. The number of hydrogen-bond donors (Lipinski definition) is 1. The van der Waals surface area contributed by atoms with E-state index in [-0.39, 0.29) is 11.8 Å². The first-order valence-electron chi connectivity index (χ1n) is 8.34. The number of nitrogens with one attached hydrogen (secondary N) is 1. The van der Waals surface area contributed by atoms with Crippen LogP contribution in [0.5, 0.6) is 5.75 Å². The van der Waals surface area contributed by atoms with Crippen molar-refractivity contribution in [2.45, 2.75) is 39.0 Å². The Kier molecular flexibility index (Phi) is 6.42. The van der Waals surface area contributed by atoms with Crippen LogP contribution < -0.4 is 10.1 Å². The molecule has 2 rings (SSSR count). The highest BCUT2D eigenvalue weighted by atomic mass is 32.2. The van der Waals surface area contributed by atoms with Gasteiger partial charge in [-0.2, -0.15) is 0 Å². The number of benzene rings is 1. The number of amides is 1. The van der Waals surface area contributed by atoms with Crippen LogP contribution in [0.2, 0.25) is 0 Å². The third kappa shape index (κ3) is 5.32. The van der Waals surface area contributed by atoms with E-state index in [4.69, 9.17) is 9.15 Å². The van der Waals surface area contributed by atoms with Gasteiger partial charge in [-0.1, -0.05) is 6.92 Å². The van der Waals surface area contributed by atoms with E-state index in [0.717, 1.165) is 6.42 Å². The molecule has 1 N–H and O–H groups in total. The van der Waals surface area contributed by atoms with Crippen molar-refractivity contribution < 1.29 is 22.4 Å². The predicted molar refractivity (Wildman–Crippen MR) is 98.6 cm³/mol. The Morgan fingerprint density at radius 3 is 2.54 bits per heavy atom. The van der Waals surface area contributed by atoms with Crippen LogP contribution in [0.15, 0.2) is 28.7 Å². The van der Waals surface area contributed by atoms with Crippen molar-refractivity contribution in [2.24, 2.45) is 0 Å². The molecule has 0 unspecified atom stereocenters. The van der Waals surface area contributed by atoms with Gasteiger partial charge in [0.05, 0.1) is 18.6 Å². The average molecular weight is 380 g/mol. The Morgan fingerprint density at radius 1 is 1.31 bits per heavy atom. The summed E-state index contributed by atoms with van der Waals surface area (Å²) in [4.78, 5) is 16.1. The average Bonchev–Trinajstić information content (AvgIpc) is 2.94. The second kappa shape index (κ2) is 8.35. The number of carbonyl (C=O) groups is 1. The molecular weight excluding hydrogens is 356 g/mol. The molecule has 0 aliphatic rings. The minimum atomic E-state index is -3.64. The van der Waals surface area contributed by atoms with Crippen molar-refractivity contribution in [1.82, 2.24) is 10.3 Å². The molecule has 1 aromatic carbocycles. The van der Waals surface area contributed by atoms with Crippen molar-refractivity contribution in [2.75, 3.05) is 12.9 Å². The molecule has 7 nitrogen and oxygen atoms in total. The van der Waals surface area contributed by atoms with E-state index in [1.165, 1.54) is 0 Å². The molecule has 1 amide bonds. The summed E-state index contributed by atoms with van der Waals surface area (Å²) in [5.74, 6) is 0.0395. The molecule has 0 radical (unpaired) electrons. The van der Waals surface area contributed by atoms with Crippen LogP contribution in [0.1, 0.15) is 31.7 Å². The van der Waals surface area contributed by atoms with Gasteiger partial charge in [0.1, 0.15) is 17.3 Å². The molecule has 0 spiro atoms. The smallest absolute Gasteiger partial charge is 0.235 e. The van der Waals surface area contributed by atoms with Gasteiger partial charge in [-0.05, 0) is 44.5 Å². The number of aryl methyl sites for hydroxylation is 1. The summed E-state index contributed by atoms with van der Waals surface area (Å²) in [6.07, 6.45) is 0.736. The van der Waals surface area contributed by atoms with Crippen molar-refractivity contribution >= 4 is 15.7 Å². The lowest BCUT2D eigenvalue weighted by molar-refractivity contribution is -0.119. The van der Waals surface area contributed by atoms with Gasteiger partial charge in [0.25, 0.3) is 0 Å². The SMILES string of the molecule is CC[C@H](C)NC(=O)CS(=O)(=O)Cc1nc(-c2ccc(OC)cc2)oc1C. The van der Waals surface area contributed by atoms with Crippen molar-refractivity contribution in [3.05, 3.63) is 35.7 Å². The van der Waals surface area contributed by atoms with E-state index in [1.807, 2.05) is 13.8 Å². The molecule has 1 atom stereocenters. The molecule has 0 bridgehead atoms. The van der Waals surface area contributed by atoms with Gasteiger partial charge in [-0.25, -0.2) is 13.4 Å². The molecule has 142 valence electrons. The maximum Gasteiger partial charge on any atom is 0.235 e. The molecule has 2 aromatic rings. The van der Waals surface area contributed by atoms with E-state index >= 15 is 0 Å². The maximum absolute atomic E-state index is 12.3. The number of rotatable bonds is 8. The monoisotopic (exact) mass is 380 g/mol. The topological polar surface area (TPSA) is 98.5 Å². The van der Waals surface area contributed by atoms with Crippen LogP contribution in [0.3, 0.4) is 0 Å². The third-order valence-corrected chi connectivity index (χ3v) is 5.37. The summed E-state index contributed by atoms with van der Waals surface area (Å²) in [6, 6.07) is 7.03. The summed E-state index contributed by atoms with van der Waals surface area (Å²) in [7, 11) is -2.07. The fraction of sp³-hybridized carbons (Fsp3) is 0.444. The minimum Gasteiger partial charge on any atom is -0.497 e. The van der Waals surface area contributed by atoms with Gasteiger partial charge in [0, 0.05) is 11.6 Å². The van der Waals surface area contributed by atoms with Crippen LogP contribution in [0.25, 0.3) is 11.5 Å². The van der Waals surface area contributed by atoms with E-state index in [1.54, 1.807) is 38.3 Å². The molecule has 1 aromatic heterocycles. The minimum absolute atomic E-state index is 0.0619. The fourth-order valence-electron chi connectivity index (χ4n) is 2.30. The molecule has 0 fully saturated rings. The molecule has 0 aliphatic heterocycles. The van der Waals surface area contributed by atoms with E-state index in [2.05, 4.69) is 10.3 Å². The summed E-state index contributed by atoms with van der Waals surface area (Å²) >= 11 is 0. The Morgan fingerprint density at radius 2 is 1.96 bits per heavy atom. The number of ether oxygens (including phenoxy) is 1. The van der Waals surface area contributed by atoms with Crippen LogP contribution in [-0.4, -0.2) is 38.2 Å². The van der Waals surface area contributed by atoms with E-state index in [0.29, 0.717) is 28.7 Å². The molecular formula is C18H24N2O5S. The predicted octanol–water partition coefficient (Wildman–Crippen LogP) is 2.49. The van der Waals surface area contributed by atoms with Crippen LogP contribution in [-0.2, 0) is 20.4 Å². The number of carbonyl (C=O) groups excluding carboxylic acids is 1. The Balaban J connectivity index is 2.11. The second-order valence-electron chi connectivity index (χ2n) is 6.16. The van der Waals surface area contributed by atoms with Gasteiger partial charge >= 0.3 is 0 Å². The molecule has 26 heavy (non-hydrogen) atoms. The first-order valence-corrected chi connectivity index (χ1v) is 10.2. The number of oxazole rings is 1. The summed E-state index contributed by atoms with van der Waals surface area (Å²) in [5, 5.41) is 2.65. The normalized spacial score (nSPS) is 12.6. The lowest BCUT2D eigenvalue weighted by Crippen LogP contribution is -2.36. The third-order valence-electron chi connectivity index (χ3n) is 3.96. The first-order chi connectivity index (χ1) is 12.2. The van der Waals surface area contributed by atoms with E-state index in [9.17, 15) is 13.2 Å². The Labute approximate surface area is 153 Å². The van der Waals surface area contributed by atoms with E-state index < -0.39 is 21.5 Å². The highest BCUT2D eigenvalue weighted by molar-refractivity contribution is 7.91. The zero-order valence-corrected chi connectivity index (χ0v) is 16.2. The first kappa shape index (κ1) is 20.0. The lowest BCUT2D eigenvalue weighted by Gasteiger charge is -2.11. The van der Waals surface area contributed by atoms with Gasteiger partial charge in [-0.15, -0.1) is 0 Å². The molecule has 8 heteroatoms. The van der Waals surface area contributed by atoms with Gasteiger partial charge in [0.2, 0.25) is 11.8 Å². The molecule has 0 saturated heterocycles. The standard InChI is InChI=1S/C18H24N2O5S/c1-5-12(2)19-17(21)11-26(22,23)10-16-13(3)25-18(20-16)14-6-8-15(24-4)9-7-14/h6-9,12H,5,10-11H2,1-4H3,(H,19,21)/t12-/m0/s1. The second-order valence-corrected chi connectivity index (χ2v) is 8.22. The zero-order valence-electron chi connectivity index (χ0n) is 15.4. The largest absolute Gasteiger partial charge is 0.497 e. The molecule has 0 saturated carbocycles. The Hall–Kier alpha value is -2.35. The summed E-state index contributed by atoms with van der Waals surface area (Å²) in [5.41, 5.74) is 1.03. The quantitative estimate of drug-likeness (QED) is 0.755. The number of nitrogens with zero attached hydrogens (tertiary/aromatic N) is 1. The highest BCUT2D eigenvalue weighted by Crippen LogP contribution is 2.25. The number of aromatic nitrogens is 1. The van der Waals surface area contributed by atoms with Crippen molar-refractivity contribution in [3.63, 3.8) is 0 Å². The highest BCUT2D eigenvalue weighted by Gasteiger charge is 2.22. The number of hydrogen-bond acceptors (Lipinski definition) is 6. The van der Waals surface area contributed by atoms with Crippen molar-refractivity contribution in [3.8, 4) is 17.2 Å². The molecule has 0 aliphatic carbocycles. The molecule has 1 heterocycles. The van der Waals surface area contributed by atoms with Gasteiger partial charge < -0.3 is 14.5 Å². The van der Waals surface area contributed by atoms with Gasteiger partial charge in [0.15, 0.2) is 9.84 Å². The lowest BCUT2D eigenvalue weighted by atomic mass is 10.2. The summed E-state index contributed by atoms with van der Waals surface area (Å²) in [6.45, 7) is 5.40. The summed E-state index contributed by atoms with van der Waals surface area (Å²) < 4.78 is 35.3. The van der Waals surface area contributed by atoms with Crippen LogP contribution in [0, 0.1) is 6.92 Å². The number of methoxy groups -OCH3 is 1. The van der Waals surface area contributed by atoms with Gasteiger partial charge in [-0.3, -0.25) is 4.79 Å². The van der Waals surface area contributed by atoms with Crippen molar-refractivity contribution in [1.29, 1.82) is 0 Å². The zero-order chi connectivity index (χ0) is 19.3. The Bertz CT molecular complexity index is 856. The fourth-order valence-corrected chi connectivity index (χ4v) is 3.57.